The van der Waals surface area contributed by atoms with Gasteiger partial charge in [0.1, 0.15) is 11.5 Å². The van der Waals surface area contributed by atoms with Crippen molar-refractivity contribution in [2.45, 2.75) is 12.3 Å². The molecule has 0 heterocycles. The van der Waals surface area contributed by atoms with Crippen LogP contribution in [0.1, 0.15) is 11.1 Å². The standard InChI is InChI=1S/C18H20ClNO3S/c1-22-16-5-3-4-13(8-16)10-20-18(21)12-24-11-14-9-15(19)6-7-17(14)23-2/h3-9H,10-12H2,1-2H3,(H,20,21). The quantitative estimate of drug-likeness (QED) is 0.770. The Balaban J connectivity index is 1.78. The van der Waals surface area contributed by atoms with E-state index in [2.05, 4.69) is 5.32 Å². The molecule has 128 valence electrons. The summed E-state index contributed by atoms with van der Waals surface area (Å²) in [5, 5.41) is 3.56. The van der Waals surface area contributed by atoms with Crippen LogP contribution >= 0.6 is 23.4 Å². The Hall–Kier alpha value is -1.85. The lowest BCUT2D eigenvalue weighted by molar-refractivity contribution is -0.118. The summed E-state index contributed by atoms with van der Waals surface area (Å²) in [6.07, 6.45) is 0. The Morgan fingerprint density at radius 1 is 1.17 bits per heavy atom. The minimum absolute atomic E-state index is 0.0104. The van der Waals surface area contributed by atoms with Crippen LogP contribution < -0.4 is 14.8 Å². The van der Waals surface area contributed by atoms with Crippen molar-refractivity contribution in [3.8, 4) is 11.5 Å². The lowest BCUT2D eigenvalue weighted by Gasteiger charge is -2.09. The molecule has 2 rings (SSSR count). The van der Waals surface area contributed by atoms with Crippen molar-refractivity contribution in [1.29, 1.82) is 0 Å². The third-order valence-electron chi connectivity index (χ3n) is 3.36. The van der Waals surface area contributed by atoms with Gasteiger partial charge in [-0.25, -0.2) is 0 Å². The molecule has 0 radical (unpaired) electrons. The Kier molecular flexibility index (Phi) is 7.28. The number of carbonyl (C=O) groups excluding carboxylic acids is 1. The molecule has 0 bridgehead atoms. The molecule has 0 aromatic heterocycles. The van der Waals surface area contributed by atoms with Gasteiger partial charge in [-0.15, -0.1) is 11.8 Å². The molecule has 0 spiro atoms. The number of methoxy groups -OCH3 is 2. The molecule has 0 unspecified atom stereocenters. The number of halogens is 1. The van der Waals surface area contributed by atoms with E-state index in [-0.39, 0.29) is 5.91 Å². The number of benzene rings is 2. The molecule has 0 atom stereocenters. The molecule has 0 aliphatic rings. The van der Waals surface area contributed by atoms with Gasteiger partial charge in [-0.3, -0.25) is 4.79 Å². The van der Waals surface area contributed by atoms with Gasteiger partial charge in [-0.1, -0.05) is 23.7 Å². The fourth-order valence-corrected chi connectivity index (χ4v) is 3.18. The summed E-state index contributed by atoms with van der Waals surface area (Å²) in [5.74, 6) is 2.59. The topological polar surface area (TPSA) is 47.6 Å². The molecular formula is C18H20ClNO3S. The van der Waals surface area contributed by atoms with Crippen molar-refractivity contribution in [3.05, 3.63) is 58.6 Å². The fraction of sp³-hybridized carbons (Fsp3) is 0.278. The van der Waals surface area contributed by atoms with Gasteiger partial charge in [0.2, 0.25) is 5.91 Å². The third kappa shape index (κ3) is 5.65. The summed E-state index contributed by atoms with van der Waals surface area (Å²) in [5.41, 5.74) is 1.99. The van der Waals surface area contributed by atoms with E-state index in [4.69, 9.17) is 21.1 Å². The fourth-order valence-electron chi connectivity index (χ4n) is 2.15. The van der Waals surface area contributed by atoms with Gasteiger partial charge in [0, 0.05) is 22.9 Å². The van der Waals surface area contributed by atoms with Crippen LogP contribution in [-0.4, -0.2) is 25.9 Å². The molecule has 0 aliphatic carbocycles. The highest BCUT2D eigenvalue weighted by molar-refractivity contribution is 7.99. The molecule has 2 aromatic rings. The van der Waals surface area contributed by atoms with E-state index >= 15 is 0 Å². The van der Waals surface area contributed by atoms with E-state index in [1.54, 1.807) is 20.3 Å². The van der Waals surface area contributed by atoms with Crippen LogP contribution in [0.5, 0.6) is 11.5 Å². The zero-order chi connectivity index (χ0) is 17.4. The molecule has 0 aliphatic heterocycles. The summed E-state index contributed by atoms with van der Waals surface area (Å²) < 4.78 is 10.5. The zero-order valence-electron chi connectivity index (χ0n) is 13.7. The normalized spacial score (nSPS) is 10.3. The predicted octanol–water partition coefficient (Wildman–Crippen LogP) is 3.91. The lowest BCUT2D eigenvalue weighted by Crippen LogP contribution is -2.24. The molecule has 0 saturated heterocycles. The maximum absolute atomic E-state index is 12.0. The number of carbonyl (C=O) groups is 1. The second kappa shape index (κ2) is 9.45. The zero-order valence-corrected chi connectivity index (χ0v) is 15.2. The van der Waals surface area contributed by atoms with Crippen molar-refractivity contribution in [3.63, 3.8) is 0 Å². The van der Waals surface area contributed by atoms with Crippen LogP contribution in [0.25, 0.3) is 0 Å². The van der Waals surface area contributed by atoms with Gasteiger partial charge in [0.15, 0.2) is 0 Å². The number of hydrogen-bond donors (Lipinski definition) is 1. The number of amides is 1. The van der Waals surface area contributed by atoms with Crippen LogP contribution in [-0.2, 0) is 17.1 Å². The minimum Gasteiger partial charge on any atom is -0.497 e. The van der Waals surface area contributed by atoms with Gasteiger partial charge in [-0.05, 0) is 35.9 Å². The van der Waals surface area contributed by atoms with E-state index in [9.17, 15) is 4.79 Å². The Labute approximate surface area is 151 Å². The summed E-state index contributed by atoms with van der Waals surface area (Å²) in [6.45, 7) is 0.483. The highest BCUT2D eigenvalue weighted by atomic mass is 35.5. The average molecular weight is 366 g/mol. The second-order valence-corrected chi connectivity index (χ2v) is 6.50. The van der Waals surface area contributed by atoms with Crippen molar-refractivity contribution in [1.82, 2.24) is 5.32 Å². The average Bonchev–Trinajstić information content (AvgIpc) is 2.60. The van der Waals surface area contributed by atoms with Crippen molar-refractivity contribution >= 4 is 29.3 Å². The Morgan fingerprint density at radius 2 is 2.00 bits per heavy atom. The number of hydrogen-bond acceptors (Lipinski definition) is 4. The molecule has 2 aromatic carbocycles. The van der Waals surface area contributed by atoms with Gasteiger partial charge in [0.25, 0.3) is 0 Å². The first-order chi connectivity index (χ1) is 11.6. The SMILES string of the molecule is COc1cccc(CNC(=O)CSCc2cc(Cl)ccc2OC)c1. The van der Waals surface area contributed by atoms with Gasteiger partial charge in [-0.2, -0.15) is 0 Å². The Morgan fingerprint density at radius 3 is 2.75 bits per heavy atom. The lowest BCUT2D eigenvalue weighted by atomic mass is 10.2. The van der Waals surface area contributed by atoms with Crippen LogP contribution in [0.4, 0.5) is 0 Å². The Bertz CT molecular complexity index is 694. The molecule has 1 amide bonds. The first-order valence-electron chi connectivity index (χ1n) is 7.42. The molecule has 24 heavy (non-hydrogen) atoms. The molecular weight excluding hydrogens is 346 g/mol. The van der Waals surface area contributed by atoms with Gasteiger partial charge < -0.3 is 14.8 Å². The van der Waals surface area contributed by atoms with Crippen molar-refractivity contribution in [2.75, 3.05) is 20.0 Å². The van der Waals surface area contributed by atoms with E-state index in [1.165, 1.54) is 11.8 Å². The molecule has 0 fully saturated rings. The first-order valence-corrected chi connectivity index (χ1v) is 8.95. The summed E-state index contributed by atoms with van der Waals surface area (Å²) >= 11 is 7.52. The van der Waals surface area contributed by atoms with E-state index in [0.29, 0.717) is 23.1 Å². The predicted molar refractivity (Wildman–Crippen MR) is 99.0 cm³/mol. The molecule has 0 saturated carbocycles. The van der Waals surface area contributed by atoms with E-state index in [1.807, 2.05) is 36.4 Å². The number of nitrogens with one attached hydrogen (secondary N) is 1. The largest absolute Gasteiger partial charge is 0.497 e. The number of thioether (sulfide) groups is 1. The van der Waals surface area contributed by atoms with E-state index in [0.717, 1.165) is 22.6 Å². The van der Waals surface area contributed by atoms with Gasteiger partial charge in [0.05, 0.1) is 20.0 Å². The maximum atomic E-state index is 12.0. The summed E-state index contributed by atoms with van der Waals surface area (Å²) in [6, 6.07) is 13.1. The second-order valence-electron chi connectivity index (χ2n) is 5.08. The van der Waals surface area contributed by atoms with Crippen LogP contribution in [0.15, 0.2) is 42.5 Å². The van der Waals surface area contributed by atoms with Crippen molar-refractivity contribution < 1.29 is 14.3 Å². The van der Waals surface area contributed by atoms with Crippen LogP contribution in [0.2, 0.25) is 5.02 Å². The minimum atomic E-state index is -0.0104. The maximum Gasteiger partial charge on any atom is 0.230 e. The van der Waals surface area contributed by atoms with Crippen molar-refractivity contribution in [2.24, 2.45) is 0 Å². The summed E-state index contributed by atoms with van der Waals surface area (Å²) in [7, 11) is 3.25. The molecule has 4 nitrogen and oxygen atoms in total. The first kappa shape index (κ1) is 18.5. The number of rotatable bonds is 8. The summed E-state index contributed by atoms with van der Waals surface area (Å²) in [4.78, 5) is 12.0. The highest BCUT2D eigenvalue weighted by Crippen LogP contribution is 2.26. The smallest absolute Gasteiger partial charge is 0.230 e. The third-order valence-corrected chi connectivity index (χ3v) is 4.57. The van der Waals surface area contributed by atoms with E-state index < -0.39 is 0 Å². The van der Waals surface area contributed by atoms with Crippen LogP contribution in [0, 0.1) is 0 Å². The van der Waals surface area contributed by atoms with Gasteiger partial charge >= 0.3 is 0 Å². The highest BCUT2D eigenvalue weighted by Gasteiger charge is 2.07. The van der Waals surface area contributed by atoms with Crippen LogP contribution in [0.3, 0.4) is 0 Å². The molecule has 6 heteroatoms. The molecule has 1 N–H and O–H groups in total. The monoisotopic (exact) mass is 365 g/mol. The number of ether oxygens (including phenoxy) is 2.